The predicted octanol–water partition coefficient (Wildman–Crippen LogP) is 3.44. The van der Waals surface area contributed by atoms with Crippen molar-refractivity contribution < 1.29 is 0 Å². The van der Waals surface area contributed by atoms with E-state index in [0.29, 0.717) is 10.8 Å². The molecule has 0 aliphatic heterocycles. The van der Waals surface area contributed by atoms with Crippen LogP contribution in [0.2, 0.25) is 5.15 Å². The third-order valence-corrected chi connectivity index (χ3v) is 2.97. The number of nitrogens with one attached hydrogen (secondary N) is 1. The van der Waals surface area contributed by atoms with Crippen LogP contribution in [0.25, 0.3) is 22.4 Å². The van der Waals surface area contributed by atoms with E-state index >= 15 is 0 Å². The van der Waals surface area contributed by atoms with E-state index in [1.165, 1.54) is 6.20 Å². The molecule has 0 saturated carbocycles. The lowest BCUT2D eigenvalue weighted by atomic mass is 10.2. The van der Waals surface area contributed by atoms with Crippen LogP contribution in [-0.2, 0) is 0 Å². The molecule has 4 nitrogen and oxygen atoms in total. The fourth-order valence-electron chi connectivity index (χ4n) is 1.62. The van der Waals surface area contributed by atoms with Gasteiger partial charge in [0.2, 0.25) is 0 Å². The lowest BCUT2D eigenvalue weighted by molar-refractivity contribution is 1.26. The molecule has 0 aromatic carbocycles. The smallest absolute Gasteiger partial charge is 0.156 e. The van der Waals surface area contributed by atoms with Crippen LogP contribution in [0.15, 0.2) is 35.2 Å². The molecule has 0 aliphatic rings. The van der Waals surface area contributed by atoms with Gasteiger partial charge in [-0.3, -0.25) is 0 Å². The number of hydrogen-bond acceptors (Lipinski definition) is 3. The molecule has 0 spiro atoms. The Balaban J connectivity index is 2.27. The number of aromatic amines is 1. The molecule has 0 saturated heterocycles. The predicted molar refractivity (Wildman–Crippen MR) is 69.8 cm³/mol. The fraction of sp³-hybridized carbons (Fsp3) is 0. The molecule has 17 heavy (non-hydrogen) atoms. The molecule has 1 N–H and O–H groups in total. The Morgan fingerprint density at radius 1 is 1.24 bits per heavy atom. The van der Waals surface area contributed by atoms with Gasteiger partial charge in [-0.15, -0.1) is 0 Å². The standard InChI is InChI=1S/C11H6BrClN4/c12-8-3-1-2-7(16-8)6-4-14-11-10(6)17-9(13)5-15-11/h1-5H,(H,14,15). The third-order valence-electron chi connectivity index (χ3n) is 2.34. The number of hydrogen-bond donors (Lipinski definition) is 1. The van der Waals surface area contributed by atoms with E-state index in [-0.39, 0.29) is 0 Å². The number of aromatic nitrogens is 4. The van der Waals surface area contributed by atoms with E-state index in [0.717, 1.165) is 21.4 Å². The summed E-state index contributed by atoms with van der Waals surface area (Å²) >= 11 is 9.19. The first-order chi connectivity index (χ1) is 8.24. The highest BCUT2D eigenvalue weighted by Crippen LogP contribution is 2.26. The second kappa shape index (κ2) is 4.09. The largest absolute Gasteiger partial charge is 0.344 e. The topological polar surface area (TPSA) is 54.5 Å². The Morgan fingerprint density at radius 2 is 2.12 bits per heavy atom. The minimum absolute atomic E-state index is 0.369. The van der Waals surface area contributed by atoms with Crippen molar-refractivity contribution in [2.75, 3.05) is 0 Å². The van der Waals surface area contributed by atoms with Crippen molar-refractivity contribution in [1.29, 1.82) is 0 Å². The quantitative estimate of drug-likeness (QED) is 0.701. The molecule has 3 aromatic heterocycles. The van der Waals surface area contributed by atoms with Crippen LogP contribution in [0.5, 0.6) is 0 Å². The van der Waals surface area contributed by atoms with E-state index in [2.05, 4.69) is 35.9 Å². The maximum atomic E-state index is 5.85. The second-order valence-electron chi connectivity index (χ2n) is 3.44. The third kappa shape index (κ3) is 1.92. The first kappa shape index (κ1) is 10.7. The average molecular weight is 310 g/mol. The number of H-pyrrole nitrogens is 1. The molecule has 0 bridgehead atoms. The van der Waals surface area contributed by atoms with Crippen molar-refractivity contribution in [1.82, 2.24) is 19.9 Å². The maximum Gasteiger partial charge on any atom is 0.156 e. The Kier molecular flexibility index (Phi) is 2.57. The first-order valence-electron chi connectivity index (χ1n) is 4.86. The van der Waals surface area contributed by atoms with Gasteiger partial charge < -0.3 is 4.98 Å². The Morgan fingerprint density at radius 3 is 2.94 bits per heavy atom. The van der Waals surface area contributed by atoms with E-state index < -0.39 is 0 Å². The van der Waals surface area contributed by atoms with Gasteiger partial charge in [0.05, 0.1) is 11.9 Å². The van der Waals surface area contributed by atoms with Gasteiger partial charge in [0.25, 0.3) is 0 Å². The molecule has 0 amide bonds. The molecular formula is C11H6BrClN4. The summed E-state index contributed by atoms with van der Waals surface area (Å²) in [5, 5.41) is 0.369. The van der Waals surface area contributed by atoms with E-state index in [1.807, 2.05) is 24.4 Å². The highest BCUT2D eigenvalue weighted by Gasteiger charge is 2.10. The monoisotopic (exact) mass is 308 g/mol. The highest BCUT2D eigenvalue weighted by molar-refractivity contribution is 9.10. The van der Waals surface area contributed by atoms with Crippen LogP contribution in [0.3, 0.4) is 0 Å². The van der Waals surface area contributed by atoms with Crippen LogP contribution in [-0.4, -0.2) is 19.9 Å². The number of nitrogens with zero attached hydrogens (tertiary/aromatic N) is 3. The molecule has 0 fully saturated rings. The van der Waals surface area contributed by atoms with Crippen molar-refractivity contribution in [2.45, 2.75) is 0 Å². The summed E-state index contributed by atoms with van der Waals surface area (Å²) in [6.45, 7) is 0. The van der Waals surface area contributed by atoms with Crippen LogP contribution in [0.1, 0.15) is 0 Å². The molecule has 3 rings (SSSR count). The number of halogens is 2. The van der Waals surface area contributed by atoms with Gasteiger partial charge in [-0.2, -0.15) is 0 Å². The van der Waals surface area contributed by atoms with Crippen molar-refractivity contribution >= 4 is 38.7 Å². The van der Waals surface area contributed by atoms with Crippen LogP contribution in [0, 0.1) is 0 Å². The molecule has 3 aromatic rings. The van der Waals surface area contributed by atoms with Gasteiger partial charge in [-0.1, -0.05) is 17.7 Å². The summed E-state index contributed by atoms with van der Waals surface area (Å²) in [6, 6.07) is 5.70. The van der Waals surface area contributed by atoms with Crippen molar-refractivity contribution in [3.63, 3.8) is 0 Å². The number of rotatable bonds is 1. The number of fused-ring (bicyclic) bond motifs is 1. The fourth-order valence-corrected chi connectivity index (χ4v) is 2.10. The van der Waals surface area contributed by atoms with Gasteiger partial charge in [0.15, 0.2) is 5.65 Å². The lowest BCUT2D eigenvalue weighted by Crippen LogP contribution is -1.85. The molecule has 0 unspecified atom stereocenters. The van der Waals surface area contributed by atoms with Crippen LogP contribution >= 0.6 is 27.5 Å². The van der Waals surface area contributed by atoms with Crippen molar-refractivity contribution in [2.24, 2.45) is 0 Å². The van der Waals surface area contributed by atoms with Crippen molar-refractivity contribution in [3.05, 3.63) is 40.3 Å². The molecule has 0 radical (unpaired) electrons. The summed E-state index contributed by atoms with van der Waals surface area (Å²) in [6.07, 6.45) is 3.34. The highest BCUT2D eigenvalue weighted by atomic mass is 79.9. The molecule has 3 heterocycles. The molecule has 0 atom stereocenters. The maximum absolute atomic E-state index is 5.85. The zero-order valence-corrected chi connectivity index (χ0v) is 10.8. The lowest BCUT2D eigenvalue weighted by Gasteiger charge is -1.98. The molecular weight excluding hydrogens is 304 g/mol. The SMILES string of the molecule is Clc1cnc2[nH]cc(-c3cccc(Br)n3)c2n1. The molecule has 6 heteroatoms. The van der Waals surface area contributed by atoms with E-state index in [4.69, 9.17) is 11.6 Å². The van der Waals surface area contributed by atoms with Gasteiger partial charge in [0, 0.05) is 11.8 Å². The summed E-state index contributed by atoms with van der Waals surface area (Å²) in [5.41, 5.74) is 3.13. The second-order valence-corrected chi connectivity index (χ2v) is 4.64. The first-order valence-corrected chi connectivity index (χ1v) is 6.04. The zero-order chi connectivity index (χ0) is 11.8. The van der Waals surface area contributed by atoms with Gasteiger partial charge in [-0.25, -0.2) is 15.0 Å². The zero-order valence-electron chi connectivity index (χ0n) is 8.48. The van der Waals surface area contributed by atoms with Crippen molar-refractivity contribution in [3.8, 4) is 11.3 Å². The normalized spacial score (nSPS) is 10.9. The minimum atomic E-state index is 0.369. The van der Waals surface area contributed by atoms with Crippen LogP contribution in [0.4, 0.5) is 0 Å². The molecule has 84 valence electrons. The Labute approximate surface area is 110 Å². The van der Waals surface area contributed by atoms with Crippen LogP contribution < -0.4 is 0 Å². The number of pyridine rings is 1. The summed E-state index contributed by atoms with van der Waals surface area (Å²) in [5.74, 6) is 0. The summed E-state index contributed by atoms with van der Waals surface area (Å²) in [7, 11) is 0. The summed E-state index contributed by atoms with van der Waals surface area (Å²) < 4.78 is 0.777. The van der Waals surface area contributed by atoms with E-state index in [9.17, 15) is 0 Å². The Hall–Kier alpha value is -1.46. The average Bonchev–Trinajstić information content (AvgIpc) is 2.71. The molecule has 0 aliphatic carbocycles. The van der Waals surface area contributed by atoms with Gasteiger partial charge >= 0.3 is 0 Å². The minimum Gasteiger partial charge on any atom is -0.344 e. The summed E-state index contributed by atoms with van der Waals surface area (Å²) in [4.78, 5) is 15.8. The van der Waals surface area contributed by atoms with Gasteiger partial charge in [0.1, 0.15) is 15.3 Å². The Bertz CT molecular complexity index is 695. The van der Waals surface area contributed by atoms with E-state index in [1.54, 1.807) is 0 Å². The van der Waals surface area contributed by atoms with Gasteiger partial charge in [-0.05, 0) is 28.1 Å².